The van der Waals surface area contributed by atoms with E-state index in [9.17, 15) is 4.39 Å². The minimum absolute atomic E-state index is 0.137. The summed E-state index contributed by atoms with van der Waals surface area (Å²) in [6.45, 7) is 6.14. The third-order valence-electron chi connectivity index (χ3n) is 2.64. The Balaban J connectivity index is 2.11. The molecule has 0 aliphatic heterocycles. The Hall–Kier alpha value is -1.42. The minimum Gasteiger partial charge on any atom is -0.376 e. The maximum atomic E-state index is 12.8. The van der Waals surface area contributed by atoms with E-state index in [1.807, 2.05) is 6.92 Å². The summed E-state index contributed by atoms with van der Waals surface area (Å²) in [6, 6.07) is 6.51. The SMILES string of the molecule is Cc1nc(C(C)Nc2ccc(F)cc2)sc1C. The zero-order valence-electron chi connectivity index (χ0n) is 10.1. The molecule has 0 saturated carbocycles. The van der Waals surface area contributed by atoms with Crippen molar-refractivity contribution in [1.82, 2.24) is 4.98 Å². The highest BCUT2D eigenvalue weighted by Crippen LogP contribution is 2.25. The predicted molar refractivity (Wildman–Crippen MR) is 70.0 cm³/mol. The molecule has 1 aromatic carbocycles. The number of benzene rings is 1. The predicted octanol–water partition coefficient (Wildman–Crippen LogP) is 4.07. The van der Waals surface area contributed by atoms with Gasteiger partial charge in [0, 0.05) is 10.6 Å². The molecule has 0 spiro atoms. The molecule has 1 N–H and O–H groups in total. The smallest absolute Gasteiger partial charge is 0.123 e. The van der Waals surface area contributed by atoms with E-state index in [1.165, 1.54) is 17.0 Å². The Morgan fingerprint density at radius 3 is 2.41 bits per heavy atom. The largest absolute Gasteiger partial charge is 0.376 e. The maximum Gasteiger partial charge on any atom is 0.123 e. The first-order valence-corrected chi connectivity index (χ1v) is 6.34. The fourth-order valence-electron chi connectivity index (χ4n) is 1.54. The van der Waals surface area contributed by atoms with Gasteiger partial charge in [-0.15, -0.1) is 11.3 Å². The number of thiazole rings is 1. The van der Waals surface area contributed by atoms with Crippen molar-refractivity contribution in [3.63, 3.8) is 0 Å². The summed E-state index contributed by atoms with van der Waals surface area (Å²) in [5, 5.41) is 4.37. The first-order valence-electron chi connectivity index (χ1n) is 5.52. The number of anilines is 1. The first kappa shape index (κ1) is 12.0. The van der Waals surface area contributed by atoms with Crippen LogP contribution in [0.3, 0.4) is 0 Å². The molecule has 1 atom stereocenters. The molecule has 17 heavy (non-hydrogen) atoms. The zero-order valence-corrected chi connectivity index (χ0v) is 10.9. The molecule has 1 unspecified atom stereocenters. The number of halogens is 1. The summed E-state index contributed by atoms with van der Waals surface area (Å²) in [7, 11) is 0. The molecule has 0 fully saturated rings. The van der Waals surface area contributed by atoms with E-state index in [2.05, 4.69) is 24.1 Å². The van der Waals surface area contributed by atoms with E-state index >= 15 is 0 Å². The molecule has 2 rings (SSSR count). The minimum atomic E-state index is -0.218. The lowest BCUT2D eigenvalue weighted by Crippen LogP contribution is -2.06. The van der Waals surface area contributed by atoms with Crippen LogP contribution in [0.4, 0.5) is 10.1 Å². The molecular formula is C13H15FN2S. The normalized spacial score (nSPS) is 12.5. The maximum absolute atomic E-state index is 12.8. The second-order valence-electron chi connectivity index (χ2n) is 4.07. The van der Waals surface area contributed by atoms with Gasteiger partial charge in [-0.2, -0.15) is 0 Å². The van der Waals surface area contributed by atoms with Gasteiger partial charge in [0.2, 0.25) is 0 Å². The van der Waals surface area contributed by atoms with Gasteiger partial charge in [0.15, 0.2) is 0 Å². The molecular weight excluding hydrogens is 235 g/mol. The van der Waals surface area contributed by atoms with Crippen LogP contribution in [0.2, 0.25) is 0 Å². The highest BCUT2D eigenvalue weighted by atomic mass is 32.1. The van der Waals surface area contributed by atoms with E-state index < -0.39 is 0 Å². The number of aromatic nitrogens is 1. The van der Waals surface area contributed by atoms with Gasteiger partial charge in [-0.3, -0.25) is 0 Å². The van der Waals surface area contributed by atoms with Gasteiger partial charge in [-0.25, -0.2) is 9.37 Å². The molecule has 0 bridgehead atoms. The molecule has 2 aromatic rings. The average molecular weight is 250 g/mol. The Bertz CT molecular complexity index is 485. The van der Waals surface area contributed by atoms with E-state index in [4.69, 9.17) is 0 Å². The van der Waals surface area contributed by atoms with Gasteiger partial charge in [-0.1, -0.05) is 0 Å². The molecule has 0 saturated heterocycles. The Kier molecular flexibility index (Phi) is 3.43. The molecule has 0 aliphatic carbocycles. The van der Waals surface area contributed by atoms with Crippen molar-refractivity contribution in [2.75, 3.05) is 5.32 Å². The van der Waals surface area contributed by atoms with Crippen LogP contribution in [-0.2, 0) is 0 Å². The van der Waals surface area contributed by atoms with Gasteiger partial charge < -0.3 is 5.32 Å². The molecule has 2 nitrogen and oxygen atoms in total. The molecule has 4 heteroatoms. The second kappa shape index (κ2) is 4.84. The van der Waals surface area contributed by atoms with Crippen molar-refractivity contribution in [3.8, 4) is 0 Å². The van der Waals surface area contributed by atoms with Crippen molar-refractivity contribution in [2.24, 2.45) is 0 Å². The van der Waals surface area contributed by atoms with Gasteiger partial charge in [-0.05, 0) is 45.0 Å². The van der Waals surface area contributed by atoms with Crippen molar-refractivity contribution in [2.45, 2.75) is 26.8 Å². The zero-order chi connectivity index (χ0) is 12.4. The molecule has 0 amide bonds. The van der Waals surface area contributed by atoms with Gasteiger partial charge in [0.1, 0.15) is 10.8 Å². The van der Waals surface area contributed by atoms with E-state index in [1.54, 1.807) is 23.5 Å². The van der Waals surface area contributed by atoms with E-state index in [0.717, 1.165) is 16.4 Å². The lowest BCUT2D eigenvalue weighted by atomic mass is 10.2. The Morgan fingerprint density at radius 2 is 1.88 bits per heavy atom. The van der Waals surface area contributed by atoms with Crippen molar-refractivity contribution < 1.29 is 4.39 Å². The summed E-state index contributed by atoms with van der Waals surface area (Å²) in [5.41, 5.74) is 1.99. The Labute approximate surface area is 105 Å². The highest BCUT2D eigenvalue weighted by Gasteiger charge is 2.11. The van der Waals surface area contributed by atoms with Crippen LogP contribution in [0.1, 0.15) is 28.5 Å². The van der Waals surface area contributed by atoms with E-state index in [0.29, 0.717) is 0 Å². The van der Waals surface area contributed by atoms with Gasteiger partial charge in [0.25, 0.3) is 0 Å². The Morgan fingerprint density at radius 1 is 1.24 bits per heavy atom. The molecule has 0 aliphatic rings. The third-order valence-corrected chi connectivity index (χ3v) is 3.90. The van der Waals surface area contributed by atoms with Crippen LogP contribution in [0.25, 0.3) is 0 Å². The standard InChI is InChI=1S/C13H15FN2S/c1-8-10(3)17-13(16-8)9(2)15-12-6-4-11(14)5-7-12/h4-7,9,15H,1-3H3. The lowest BCUT2D eigenvalue weighted by molar-refractivity contribution is 0.628. The quantitative estimate of drug-likeness (QED) is 0.888. The monoisotopic (exact) mass is 250 g/mol. The number of nitrogens with zero attached hydrogens (tertiary/aromatic N) is 1. The third kappa shape index (κ3) is 2.82. The van der Waals surface area contributed by atoms with Crippen LogP contribution in [0, 0.1) is 19.7 Å². The highest BCUT2D eigenvalue weighted by molar-refractivity contribution is 7.11. The average Bonchev–Trinajstić information content (AvgIpc) is 2.63. The molecule has 90 valence electrons. The molecule has 1 heterocycles. The molecule has 0 radical (unpaired) electrons. The van der Waals surface area contributed by atoms with Crippen molar-refractivity contribution in [1.29, 1.82) is 0 Å². The topological polar surface area (TPSA) is 24.9 Å². The number of nitrogens with one attached hydrogen (secondary N) is 1. The first-order chi connectivity index (χ1) is 8.06. The lowest BCUT2D eigenvalue weighted by Gasteiger charge is -2.12. The van der Waals surface area contributed by atoms with Crippen LogP contribution in [-0.4, -0.2) is 4.98 Å². The number of hydrogen-bond acceptors (Lipinski definition) is 3. The summed E-state index contributed by atoms with van der Waals surface area (Å²) in [6.07, 6.45) is 0. The van der Waals surface area contributed by atoms with Crippen molar-refractivity contribution >= 4 is 17.0 Å². The number of aryl methyl sites for hydroxylation is 2. The van der Waals surface area contributed by atoms with Crippen LogP contribution in [0.15, 0.2) is 24.3 Å². The van der Waals surface area contributed by atoms with E-state index in [-0.39, 0.29) is 11.9 Å². The fraction of sp³-hybridized carbons (Fsp3) is 0.308. The second-order valence-corrected chi connectivity index (χ2v) is 5.30. The van der Waals surface area contributed by atoms with Crippen LogP contribution < -0.4 is 5.32 Å². The van der Waals surface area contributed by atoms with Crippen molar-refractivity contribution in [3.05, 3.63) is 45.7 Å². The van der Waals surface area contributed by atoms with Crippen LogP contribution >= 0.6 is 11.3 Å². The summed E-state index contributed by atoms with van der Waals surface area (Å²) >= 11 is 1.70. The summed E-state index contributed by atoms with van der Waals surface area (Å²) in [4.78, 5) is 5.75. The molecule has 1 aromatic heterocycles. The summed E-state index contributed by atoms with van der Waals surface area (Å²) in [5.74, 6) is -0.218. The fourth-order valence-corrected chi connectivity index (χ4v) is 2.47. The summed E-state index contributed by atoms with van der Waals surface area (Å²) < 4.78 is 12.8. The van der Waals surface area contributed by atoms with Crippen LogP contribution in [0.5, 0.6) is 0 Å². The number of rotatable bonds is 3. The number of hydrogen-bond donors (Lipinski definition) is 1. The van der Waals surface area contributed by atoms with Gasteiger partial charge in [0.05, 0.1) is 11.7 Å². The van der Waals surface area contributed by atoms with Gasteiger partial charge >= 0.3 is 0 Å².